The molecule has 5 aromatic rings. The zero-order valence-electron chi connectivity index (χ0n) is 19.5. The first-order chi connectivity index (χ1) is 15.8. The van der Waals surface area contributed by atoms with Crippen LogP contribution in [0.3, 0.4) is 0 Å². The van der Waals surface area contributed by atoms with Crippen molar-refractivity contribution in [1.82, 2.24) is 9.97 Å². The second-order valence-corrected chi connectivity index (χ2v) is 7.72. The number of nitrogens with zero attached hydrogens (tertiary/aromatic N) is 1. The molecule has 3 aromatic carbocycles. The number of H-pyrrole nitrogens is 1. The molecule has 0 bridgehead atoms. The summed E-state index contributed by atoms with van der Waals surface area (Å²) in [6.07, 6.45) is 4.58. The summed E-state index contributed by atoms with van der Waals surface area (Å²) in [7, 11) is 0. The smallest absolute Gasteiger partial charge is 0.115 e. The average Bonchev–Trinajstić information content (AvgIpc) is 3.25. The Morgan fingerprint density at radius 2 is 1.41 bits per heavy atom. The molecule has 0 saturated heterocycles. The zero-order chi connectivity index (χ0) is 22.7. The van der Waals surface area contributed by atoms with Gasteiger partial charge < -0.3 is 10.1 Å². The number of hydrogen-bond acceptors (Lipinski definition) is 2. The normalized spacial score (nSPS) is 12.6. The van der Waals surface area contributed by atoms with Gasteiger partial charge in [-0.25, -0.2) is 4.98 Å². The van der Waals surface area contributed by atoms with Gasteiger partial charge in [-0.05, 0) is 79.3 Å². The van der Waals surface area contributed by atoms with Gasteiger partial charge in [-0.2, -0.15) is 0 Å². The van der Waals surface area contributed by atoms with E-state index in [4.69, 9.17) is 4.98 Å². The van der Waals surface area contributed by atoms with E-state index in [2.05, 4.69) is 41.4 Å². The van der Waals surface area contributed by atoms with Crippen LogP contribution in [0.2, 0.25) is 0 Å². The first kappa shape index (κ1) is 21.9. The second-order valence-electron chi connectivity index (χ2n) is 7.72. The van der Waals surface area contributed by atoms with Gasteiger partial charge in [0, 0.05) is 32.8 Å². The van der Waals surface area contributed by atoms with Gasteiger partial charge in [0.15, 0.2) is 0 Å². The summed E-state index contributed by atoms with van der Waals surface area (Å²) in [6, 6.07) is 20.3. The molecule has 0 spiro atoms. The number of para-hydroxylation sites is 1. The zero-order valence-corrected chi connectivity index (χ0v) is 19.5. The summed E-state index contributed by atoms with van der Waals surface area (Å²) in [5.41, 5.74) is 8.40. The number of rotatable bonds is 1. The number of aromatic nitrogens is 2. The Balaban J connectivity index is 0.000000582. The lowest BCUT2D eigenvalue weighted by Gasteiger charge is -2.22. The molecule has 2 aromatic heterocycles. The van der Waals surface area contributed by atoms with E-state index in [1.54, 1.807) is 12.1 Å². The van der Waals surface area contributed by atoms with E-state index in [0.29, 0.717) is 5.75 Å². The lowest BCUT2D eigenvalue weighted by Crippen LogP contribution is -2.07. The molecule has 2 N–H and O–H groups in total. The molecule has 1 aliphatic rings. The predicted octanol–water partition coefficient (Wildman–Crippen LogP) is 8.17. The molecule has 3 nitrogen and oxygen atoms in total. The van der Waals surface area contributed by atoms with Crippen molar-refractivity contribution in [3.8, 4) is 17.0 Å². The molecule has 0 saturated carbocycles. The third kappa shape index (κ3) is 3.62. The van der Waals surface area contributed by atoms with Crippen LogP contribution in [0.1, 0.15) is 51.7 Å². The van der Waals surface area contributed by atoms with Crippen molar-refractivity contribution < 1.29 is 5.11 Å². The van der Waals surface area contributed by atoms with Crippen molar-refractivity contribution >= 4 is 32.7 Å². The summed E-state index contributed by atoms with van der Waals surface area (Å²) in [5.74, 6) is 0.291. The summed E-state index contributed by atoms with van der Waals surface area (Å²) < 4.78 is 0. The fraction of sp³-hybridized carbons (Fsp3) is 0.276. The van der Waals surface area contributed by atoms with E-state index < -0.39 is 0 Å². The van der Waals surface area contributed by atoms with E-state index in [1.165, 1.54) is 51.2 Å². The quantitative estimate of drug-likeness (QED) is 0.285. The number of aryl methyl sites for hydroxylation is 1. The minimum absolute atomic E-state index is 0.291. The highest BCUT2D eigenvalue weighted by molar-refractivity contribution is 6.21. The number of fused-ring (bicyclic) bond motifs is 7. The largest absolute Gasteiger partial charge is 0.508 e. The third-order valence-electron chi connectivity index (χ3n) is 6.08. The van der Waals surface area contributed by atoms with Crippen LogP contribution in [0.15, 0.2) is 60.7 Å². The molecule has 32 heavy (non-hydrogen) atoms. The van der Waals surface area contributed by atoms with Crippen LogP contribution in [-0.4, -0.2) is 15.1 Å². The summed E-state index contributed by atoms with van der Waals surface area (Å²) in [4.78, 5) is 8.70. The number of nitrogens with one attached hydrogen (secondary N) is 1. The third-order valence-corrected chi connectivity index (χ3v) is 6.08. The van der Waals surface area contributed by atoms with E-state index >= 15 is 0 Å². The van der Waals surface area contributed by atoms with Gasteiger partial charge in [-0.3, -0.25) is 0 Å². The Morgan fingerprint density at radius 3 is 2.16 bits per heavy atom. The van der Waals surface area contributed by atoms with Crippen LogP contribution in [0, 0.1) is 0 Å². The van der Waals surface area contributed by atoms with Gasteiger partial charge >= 0.3 is 0 Å². The lowest BCUT2D eigenvalue weighted by atomic mass is 9.85. The molecule has 0 unspecified atom stereocenters. The molecule has 1 aliphatic carbocycles. The molecule has 3 heteroatoms. The Bertz CT molecular complexity index is 1360. The van der Waals surface area contributed by atoms with Gasteiger partial charge in [0.05, 0.1) is 11.2 Å². The molecular weight excluding hydrogens is 392 g/mol. The highest BCUT2D eigenvalue weighted by atomic mass is 16.3. The molecule has 0 amide bonds. The maximum Gasteiger partial charge on any atom is 0.115 e. The van der Waals surface area contributed by atoms with Crippen molar-refractivity contribution in [2.45, 2.75) is 53.4 Å². The number of pyridine rings is 1. The molecule has 2 heterocycles. The minimum atomic E-state index is 0.291. The van der Waals surface area contributed by atoms with Crippen LogP contribution in [0.5, 0.6) is 5.75 Å². The van der Waals surface area contributed by atoms with Gasteiger partial charge in [0.1, 0.15) is 5.75 Å². The molecule has 0 radical (unpaired) electrons. The number of phenolic OH excluding ortho intramolecular Hbond substituents is 1. The monoisotopic (exact) mass is 424 g/mol. The predicted molar refractivity (Wildman–Crippen MR) is 138 cm³/mol. The molecule has 0 aliphatic heterocycles. The van der Waals surface area contributed by atoms with Gasteiger partial charge in [0.2, 0.25) is 0 Å². The summed E-state index contributed by atoms with van der Waals surface area (Å²) in [6.45, 7) is 8.00. The van der Waals surface area contributed by atoms with Gasteiger partial charge in [0.25, 0.3) is 0 Å². The highest BCUT2D eigenvalue weighted by Gasteiger charge is 2.22. The molecule has 0 atom stereocenters. The van der Waals surface area contributed by atoms with E-state index in [1.807, 2.05) is 39.8 Å². The van der Waals surface area contributed by atoms with E-state index in [9.17, 15) is 5.11 Å². The Morgan fingerprint density at radius 1 is 0.719 bits per heavy atom. The molecule has 164 valence electrons. The van der Waals surface area contributed by atoms with Crippen molar-refractivity contribution in [2.24, 2.45) is 0 Å². The first-order valence-corrected chi connectivity index (χ1v) is 11.9. The summed E-state index contributed by atoms with van der Waals surface area (Å²) >= 11 is 0. The van der Waals surface area contributed by atoms with Crippen LogP contribution in [-0.2, 0) is 12.8 Å². The number of phenols is 1. The highest BCUT2D eigenvalue weighted by Crippen LogP contribution is 2.40. The number of hydrogen-bond donors (Lipinski definition) is 2. The van der Waals surface area contributed by atoms with E-state index in [0.717, 1.165) is 29.6 Å². The molecule has 0 fully saturated rings. The van der Waals surface area contributed by atoms with Crippen LogP contribution >= 0.6 is 0 Å². The van der Waals surface area contributed by atoms with Crippen LogP contribution in [0.4, 0.5) is 0 Å². The number of aromatic hydroxyl groups is 1. The maximum absolute atomic E-state index is 9.69. The van der Waals surface area contributed by atoms with Gasteiger partial charge in [-0.1, -0.05) is 45.9 Å². The Hall–Kier alpha value is -3.33. The number of aromatic amines is 1. The topological polar surface area (TPSA) is 48.9 Å². The Labute approximate surface area is 190 Å². The van der Waals surface area contributed by atoms with Crippen molar-refractivity contribution in [1.29, 1.82) is 0 Å². The summed E-state index contributed by atoms with van der Waals surface area (Å²) in [5, 5.41) is 13.6. The Kier molecular flexibility index (Phi) is 6.45. The van der Waals surface area contributed by atoms with Crippen molar-refractivity contribution in [3.05, 3.63) is 71.8 Å². The maximum atomic E-state index is 9.69. The van der Waals surface area contributed by atoms with Crippen LogP contribution < -0.4 is 0 Å². The van der Waals surface area contributed by atoms with Crippen molar-refractivity contribution in [2.75, 3.05) is 0 Å². The second kappa shape index (κ2) is 9.44. The average molecular weight is 425 g/mol. The first-order valence-electron chi connectivity index (χ1n) is 11.9. The van der Waals surface area contributed by atoms with E-state index in [-0.39, 0.29) is 0 Å². The van der Waals surface area contributed by atoms with Crippen LogP contribution in [0.25, 0.3) is 44.0 Å². The number of benzene rings is 3. The SMILES string of the molecule is CC.CC.Oc1ccc(-c2nc3ccc4[nH]c5ccccc5c4c3c3c2CCCC3)cc1. The fourth-order valence-corrected chi connectivity index (χ4v) is 4.82. The lowest BCUT2D eigenvalue weighted by molar-refractivity contribution is 0.475. The standard InChI is InChI=1S/C25H20N2O.2C2H6/c28-16-11-9-15(10-12-16)25-18-6-2-1-5-17(18)23-22(27-25)14-13-21-24(23)19-7-3-4-8-20(19)26-21;2*1-2/h3-4,7-14,26,28H,1-2,5-6H2;2*1-2H3. The minimum Gasteiger partial charge on any atom is -0.508 e. The van der Waals surface area contributed by atoms with Gasteiger partial charge in [-0.15, -0.1) is 0 Å². The molecular formula is C29H32N2O. The van der Waals surface area contributed by atoms with Crippen molar-refractivity contribution in [3.63, 3.8) is 0 Å². The fourth-order valence-electron chi connectivity index (χ4n) is 4.82. The molecule has 6 rings (SSSR count).